The minimum atomic E-state index is -3.59. The molecule has 0 aliphatic carbocycles. The lowest BCUT2D eigenvalue weighted by molar-refractivity contribution is 0.414. The van der Waals surface area contributed by atoms with Gasteiger partial charge in [0.1, 0.15) is 11.5 Å². The number of rotatable bonds is 5. The minimum absolute atomic E-state index is 0.00770. The third kappa shape index (κ3) is 3.27. The van der Waals surface area contributed by atoms with E-state index in [1.165, 1.54) is 17.5 Å². The molecule has 120 valence electrons. The molecule has 0 spiro atoms. The average molecular weight is 349 g/mol. The normalized spacial score (nSPS) is 11.6. The molecule has 3 rings (SSSR count). The molecule has 0 aliphatic rings. The molecule has 0 atom stereocenters. The van der Waals surface area contributed by atoms with E-state index in [0.29, 0.717) is 17.1 Å². The average Bonchev–Trinajstić information content (AvgIpc) is 3.16. The fourth-order valence-corrected chi connectivity index (χ4v) is 4.26. The van der Waals surface area contributed by atoms with Crippen LogP contribution >= 0.6 is 11.3 Å². The molecule has 6 nitrogen and oxygen atoms in total. The van der Waals surface area contributed by atoms with Crippen LogP contribution in [0.1, 0.15) is 10.7 Å². The van der Waals surface area contributed by atoms with Crippen molar-refractivity contribution in [2.24, 2.45) is 0 Å². The van der Waals surface area contributed by atoms with E-state index in [0.717, 1.165) is 5.01 Å². The molecule has 0 radical (unpaired) electrons. The summed E-state index contributed by atoms with van der Waals surface area (Å²) in [6, 6.07) is 7.12. The van der Waals surface area contributed by atoms with E-state index in [1.807, 2.05) is 6.92 Å². The number of hydrogen-bond donors (Lipinski definition) is 0. The molecule has 3 aromatic rings. The number of nitrogens with zero attached hydrogens (tertiary/aromatic N) is 3. The van der Waals surface area contributed by atoms with Crippen molar-refractivity contribution in [2.45, 2.75) is 17.8 Å². The SMILES string of the molecule is COc1ccc(-n2ccnc2S(=O)(=O)Cc2csc(C)n2)cc1. The third-order valence-corrected chi connectivity index (χ3v) is 5.60. The lowest BCUT2D eigenvalue weighted by atomic mass is 10.3. The van der Waals surface area contributed by atoms with Crippen LogP contribution in [0.2, 0.25) is 0 Å². The van der Waals surface area contributed by atoms with Crippen molar-refractivity contribution < 1.29 is 13.2 Å². The van der Waals surface area contributed by atoms with Crippen molar-refractivity contribution >= 4 is 21.2 Å². The van der Waals surface area contributed by atoms with Gasteiger partial charge in [0, 0.05) is 23.5 Å². The molecule has 8 heteroatoms. The van der Waals surface area contributed by atoms with Crippen LogP contribution in [0.4, 0.5) is 0 Å². The summed E-state index contributed by atoms with van der Waals surface area (Å²) in [4.78, 5) is 8.25. The molecule has 0 amide bonds. The summed E-state index contributed by atoms with van der Waals surface area (Å²) in [6.45, 7) is 1.85. The van der Waals surface area contributed by atoms with Crippen LogP contribution in [-0.2, 0) is 15.6 Å². The molecule has 0 aliphatic heterocycles. The molecule has 0 saturated carbocycles. The molecule has 2 aromatic heterocycles. The Hall–Kier alpha value is -2.19. The number of ether oxygens (including phenoxy) is 1. The van der Waals surface area contributed by atoms with Crippen molar-refractivity contribution in [1.29, 1.82) is 0 Å². The monoisotopic (exact) mass is 349 g/mol. The van der Waals surface area contributed by atoms with Gasteiger partial charge in [0.05, 0.1) is 17.8 Å². The number of aromatic nitrogens is 3. The largest absolute Gasteiger partial charge is 0.497 e. The number of aryl methyl sites for hydroxylation is 1. The van der Waals surface area contributed by atoms with Gasteiger partial charge in [0.15, 0.2) is 0 Å². The van der Waals surface area contributed by atoms with Crippen LogP contribution in [-0.4, -0.2) is 30.1 Å². The first-order chi connectivity index (χ1) is 11.0. The van der Waals surface area contributed by atoms with Crippen molar-refractivity contribution in [3.05, 3.63) is 52.7 Å². The maximum absolute atomic E-state index is 12.6. The Balaban J connectivity index is 1.95. The Labute approximate surface area is 138 Å². The second-order valence-corrected chi connectivity index (χ2v) is 7.84. The number of hydrogen-bond acceptors (Lipinski definition) is 6. The van der Waals surface area contributed by atoms with E-state index >= 15 is 0 Å². The van der Waals surface area contributed by atoms with Crippen LogP contribution < -0.4 is 4.74 Å². The van der Waals surface area contributed by atoms with Gasteiger partial charge >= 0.3 is 0 Å². The van der Waals surface area contributed by atoms with Crippen LogP contribution in [0.15, 0.2) is 47.2 Å². The Morgan fingerprint density at radius 2 is 2.00 bits per heavy atom. The standard InChI is InChI=1S/C15H15N3O3S2/c1-11-17-12(9-22-11)10-23(19,20)15-16-7-8-18(15)13-3-5-14(21-2)6-4-13/h3-9H,10H2,1-2H3. The van der Waals surface area contributed by atoms with Gasteiger partial charge in [-0.3, -0.25) is 4.57 Å². The lowest BCUT2D eigenvalue weighted by Gasteiger charge is -2.09. The number of benzene rings is 1. The molecule has 23 heavy (non-hydrogen) atoms. The fourth-order valence-electron chi connectivity index (χ4n) is 2.19. The number of thiazole rings is 1. The maximum Gasteiger partial charge on any atom is 0.232 e. The molecule has 0 bridgehead atoms. The summed E-state index contributed by atoms with van der Waals surface area (Å²) in [5, 5.41) is 2.61. The molecular weight excluding hydrogens is 334 g/mol. The summed E-state index contributed by atoms with van der Waals surface area (Å²) in [7, 11) is -2.01. The molecule has 0 unspecified atom stereocenters. The number of methoxy groups -OCH3 is 1. The molecule has 0 saturated heterocycles. The predicted molar refractivity (Wildman–Crippen MR) is 87.9 cm³/mol. The van der Waals surface area contributed by atoms with E-state index in [9.17, 15) is 8.42 Å². The summed E-state index contributed by atoms with van der Waals surface area (Å²) in [5.41, 5.74) is 1.24. The zero-order valence-corrected chi connectivity index (χ0v) is 14.3. The van der Waals surface area contributed by atoms with Gasteiger partial charge in [-0.05, 0) is 31.2 Å². The zero-order valence-electron chi connectivity index (χ0n) is 12.6. The highest BCUT2D eigenvalue weighted by Crippen LogP contribution is 2.21. The summed E-state index contributed by atoms with van der Waals surface area (Å²) in [5.74, 6) is 0.543. The highest BCUT2D eigenvalue weighted by molar-refractivity contribution is 7.90. The summed E-state index contributed by atoms with van der Waals surface area (Å²) < 4.78 is 32.0. The van der Waals surface area contributed by atoms with Gasteiger partial charge in [-0.15, -0.1) is 11.3 Å². The van der Waals surface area contributed by atoms with Crippen LogP contribution in [0.5, 0.6) is 5.75 Å². The molecular formula is C15H15N3O3S2. The van der Waals surface area contributed by atoms with Crippen LogP contribution in [0.3, 0.4) is 0 Å². The van der Waals surface area contributed by atoms with E-state index in [1.54, 1.807) is 47.5 Å². The highest BCUT2D eigenvalue weighted by atomic mass is 32.2. The van der Waals surface area contributed by atoms with E-state index in [-0.39, 0.29) is 10.9 Å². The van der Waals surface area contributed by atoms with Crippen molar-refractivity contribution in [2.75, 3.05) is 7.11 Å². The Morgan fingerprint density at radius 1 is 1.26 bits per heavy atom. The minimum Gasteiger partial charge on any atom is -0.497 e. The van der Waals surface area contributed by atoms with E-state index in [4.69, 9.17) is 4.74 Å². The van der Waals surface area contributed by atoms with Crippen LogP contribution in [0.25, 0.3) is 5.69 Å². The number of imidazole rings is 1. The van der Waals surface area contributed by atoms with Gasteiger partial charge in [-0.25, -0.2) is 18.4 Å². The fraction of sp³-hybridized carbons (Fsp3) is 0.200. The zero-order chi connectivity index (χ0) is 16.4. The Morgan fingerprint density at radius 3 is 2.61 bits per heavy atom. The Kier molecular flexibility index (Phi) is 4.18. The number of sulfone groups is 1. The lowest BCUT2D eigenvalue weighted by Crippen LogP contribution is -2.12. The van der Waals surface area contributed by atoms with Crippen molar-refractivity contribution in [3.8, 4) is 11.4 Å². The quantitative estimate of drug-likeness (QED) is 0.708. The van der Waals surface area contributed by atoms with Gasteiger partial charge in [0.25, 0.3) is 0 Å². The maximum atomic E-state index is 12.6. The topological polar surface area (TPSA) is 74.1 Å². The smallest absolute Gasteiger partial charge is 0.232 e. The van der Waals surface area contributed by atoms with Gasteiger partial charge in [-0.1, -0.05) is 0 Å². The van der Waals surface area contributed by atoms with E-state index in [2.05, 4.69) is 9.97 Å². The van der Waals surface area contributed by atoms with Gasteiger partial charge < -0.3 is 4.74 Å². The van der Waals surface area contributed by atoms with E-state index < -0.39 is 9.84 Å². The summed E-state index contributed by atoms with van der Waals surface area (Å²) in [6.07, 6.45) is 3.10. The first kappa shape index (κ1) is 15.7. The molecule has 2 heterocycles. The predicted octanol–water partition coefficient (Wildman–Crippen LogP) is 2.62. The molecule has 0 N–H and O–H groups in total. The molecule has 0 fully saturated rings. The summed E-state index contributed by atoms with van der Waals surface area (Å²) >= 11 is 1.43. The van der Waals surface area contributed by atoms with Crippen molar-refractivity contribution in [3.63, 3.8) is 0 Å². The van der Waals surface area contributed by atoms with Gasteiger partial charge in [0.2, 0.25) is 15.0 Å². The van der Waals surface area contributed by atoms with Crippen LogP contribution in [0, 0.1) is 6.92 Å². The second kappa shape index (κ2) is 6.13. The molecule has 1 aromatic carbocycles. The third-order valence-electron chi connectivity index (χ3n) is 3.24. The second-order valence-electron chi connectivity index (χ2n) is 4.89. The van der Waals surface area contributed by atoms with Gasteiger partial charge in [-0.2, -0.15) is 0 Å². The first-order valence-electron chi connectivity index (χ1n) is 6.81. The highest BCUT2D eigenvalue weighted by Gasteiger charge is 2.23. The first-order valence-corrected chi connectivity index (χ1v) is 9.34. The van der Waals surface area contributed by atoms with Crippen molar-refractivity contribution in [1.82, 2.24) is 14.5 Å². The Bertz CT molecular complexity index is 912.